The molecule has 0 atom stereocenters. The third-order valence-electron chi connectivity index (χ3n) is 2.93. The Morgan fingerprint density at radius 1 is 1.29 bits per heavy atom. The number of benzene rings is 1. The van der Waals surface area contributed by atoms with E-state index in [1.54, 1.807) is 18.2 Å². The normalized spacial score (nSPS) is 16.7. The average Bonchev–Trinajstić information content (AvgIpc) is 2.32. The highest BCUT2D eigenvalue weighted by Gasteiger charge is 2.12. The second kappa shape index (κ2) is 5.05. The number of nitrogens with zero attached hydrogens (tertiary/aromatic N) is 1. The molecule has 1 heterocycles. The molecule has 0 spiro atoms. The Kier molecular flexibility index (Phi) is 3.49. The predicted octanol–water partition coefficient (Wildman–Crippen LogP) is 1.78. The zero-order chi connectivity index (χ0) is 12.3. The van der Waals surface area contributed by atoms with Crippen LogP contribution < -0.4 is 11.2 Å². The van der Waals surface area contributed by atoms with Gasteiger partial charge in [0.1, 0.15) is 0 Å². The number of rotatable bonds is 3. The van der Waals surface area contributed by atoms with Gasteiger partial charge in [0.05, 0.1) is 5.56 Å². The fraction of sp³-hybridized carbons (Fsp3) is 0.417. The van der Waals surface area contributed by atoms with Crippen LogP contribution in [-0.4, -0.2) is 29.2 Å². The summed E-state index contributed by atoms with van der Waals surface area (Å²) in [7, 11) is 0. The first-order valence-corrected chi connectivity index (χ1v) is 5.81. The second-order valence-electron chi connectivity index (χ2n) is 4.27. The number of carboxylic acids is 1. The van der Waals surface area contributed by atoms with Gasteiger partial charge in [-0.05, 0) is 31.0 Å². The highest BCUT2D eigenvalue weighted by molar-refractivity contribution is 5.94. The summed E-state index contributed by atoms with van der Waals surface area (Å²) in [5.41, 5.74) is 10.0. The number of anilines is 2. The summed E-state index contributed by atoms with van der Waals surface area (Å²) in [4.78, 5) is 10.9. The van der Waals surface area contributed by atoms with E-state index in [0.29, 0.717) is 5.69 Å². The molecule has 1 aromatic rings. The Hall–Kier alpha value is -1.75. The van der Waals surface area contributed by atoms with E-state index in [1.165, 1.54) is 19.3 Å². The van der Waals surface area contributed by atoms with Gasteiger partial charge in [0.25, 0.3) is 0 Å². The number of carbonyl (C=O) groups is 1. The van der Waals surface area contributed by atoms with Crippen LogP contribution in [0.15, 0.2) is 18.2 Å². The number of hydrogen-bond donors (Lipinski definition) is 3. The topological polar surface area (TPSA) is 78.6 Å². The number of hydrazine groups is 1. The molecule has 0 amide bonds. The van der Waals surface area contributed by atoms with Crippen LogP contribution in [0, 0.1) is 0 Å². The molecule has 5 heteroatoms. The van der Waals surface area contributed by atoms with E-state index in [-0.39, 0.29) is 5.56 Å². The molecular weight excluding hydrogens is 218 g/mol. The Morgan fingerprint density at radius 3 is 2.65 bits per heavy atom. The van der Waals surface area contributed by atoms with Gasteiger partial charge in [-0.1, -0.05) is 6.42 Å². The van der Waals surface area contributed by atoms with Crippen LogP contribution in [0.3, 0.4) is 0 Å². The summed E-state index contributed by atoms with van der Waals surface area (Å²) >= 11 is 0. The zero-order valence-electron chi connectivity index (χ0n) is 9.65. The van der Waals surface area contributed by atoms with Crippen molar-refractivity contribution in [2.75, 3.05) is 24.2 Å². The van der Waals surface area contributed by atoms with Gasteiger partial charge in [0.2, 0.25) is 0 Å². The molecule has 1 aromatic carbocycles. The summed E-state index contributed by atoms with van der Waals surface area (Å²) < 4.78 is 0. The number of hydrogen-bond acceptors (Lipinski definition) is 4. The van der Waals surface area contributed by atoms with Crippen LogP contribution in [0.2, 0.25) is 0 Å². The highest BCUT2D eigenvalue weighted by atomic mass is 16.4. The SMILES string of the molecule is Nc1ccc(NN2CCCCC2)cc1C(=O)O. The van der Waals surface area contributed by atoms with E-state index in [0.717, 1.165) is 18.8 Å². The van der Waals surface area contributed by atoms with Crippen molar-refractivity contribution in [2.45, 2.75) is 19.3 Å². The summed E-state index contributed by atoms with van der Waals surface area (Å²) in [6.45, 7) is 1.99. The smallest absolute Gasteiger partial charge is 0.337 e. The van der Waals surface area contributed by atoms with Crippen molar-refractivity contribution in [1.29, 1.82) is 0 Å². The molecule has 1 aliphatic rings. The van der Waals surface area contributed by atoms with Gasteiger partial charge in [-0.25, -0.2) is 9.80 Å². The molecule has 1 fully saturated rings. The van der Waals surface area contributed by atoms with E-state index in [4.69, 9.17) is 10.8 Å². The van der Waals surface area contributed by atoms with Gasteiger partial charge in [-0.15, -0.1) is 0 Å². The number of nitrogen functional groups attached to an aromatic ring is 1. The molecule has 1 saturated heterocycles. The molecular formula is C12H17N3O2. The van der Waals surface area contributed by atoms with Gasteiger partial charge in [0, 0.05) is 24.5 Å². The third kappa shape index (κ3) is 2.88. The lowest BCUT2D eigenvalue weighted by Crippen LogP contribution is -2.34. The standard InChI is InChI=1S/C12H17N3O2/c13-11-5-4-9(8-10(11)12(16)17)14-15-6-2-1-3-7-15/h4-5,8,14H,1-3,6-7,13H2,(H,16,17). The molecule has 92 valence electrons. The van der Waals surface area contributed by atoms with Crippen LogP contribution in [0.4, 0.5) is 11.4 Å². The number of piperidine rings is 1. The first-order valence-electron chi connectivity index (χ1n) is 5.81. The average molecular weight is 235 g/mol. The van der Waals surface area contributed by atoms with Gasteiger partial charge < -0.3 is 16.3 Å². The molecule has 0 radical (unpaired) electrons. The maximum atomic E-state index is 10.9. The number of nitrogens with two attached hydrogens (primary N) is 1. The summed E-state index contributed by atoms with van der Waals surface area (Å²) in [5.74, 6) is -0.996. The molecule has 0 unspecified atom stereocenters. The molecule has 0 aromatic heterocycles. The van der Waals surface area contributed by atoms with E-state index in [1.807, 2.05) is 0 Å². The van der Waals surface area contributed by atoms with E-state index in [2.05, 4.69) is 10.4 Å². The minimum absolute atomic E-state index is 0.145. The van der Waals surface area contributed by atoms with Crippen LogP contribution in [0.1, 0.15) is 29.6 Å². The fourth-order valence-corrected chi connectivity index (χ4v) is 2.00. The number of nitrogens with one attached hydrogen (secondary N) is 1. The lowest BCUT2D eigenvalue weighted by molar-refractivity contribution is 0.0698. The van der Waals surface area contributed by atoms with Crippen molar-refractivity contribution in [1.82, 2.24) is 5.01 Å². The predicted molar refractivity (Wildman–Crippen MR) is 66.9 cm³/mol. The molecule has 4 N–H and O–H groups in total. The Morgan fingerprint density at radius 2 is 2.00 bits per heavy atom. The molecule has 17 heavy (non-hydrogen) atoms. The minimum atomic E-state index is -0.996. The lowest BCUT2D eigenvalue weighted by atomic mass is 10.1. The highest BCUT2D eigenvalue weighted by Crippen LogP contribution is 2.19. The Balaban J connectivity index is 2.10. The second-order valence-corrected chi connectivity index (χ2v) is 4.27. The molecule has 2 rings (SSSR count). The van der Waals surface area contributed by atoms with E-state index in [9.17, 15) is 4.79 Å². The number of aromatic carboxylic acids is 1. The monoisotopic (exact) mass is 235 g/mol. The first-order chi connectivity index (χ1) is 8.16. The van der Waals surface area contributed by atoms with Gasteiger partial charge >= 0.3 is 5.97 Å². The largest absolute Gasteiger partial charge is 0.478 e. The van der Waals surface area contributed by atoms with Crippen molar-refractivity contribution in [3.8, 4) is 0 Å². The Bertz CT molecular complexity index is 414. The van der Waals surface area contributed by atoms with Gasteiger partial charge in [-0.3, -0.25) is 0 Å². The van der Waals surface area contributed by atoms with Crippen molar-refractivity contribution in [3.63, 3.8) is 0 Å². The van der Waals surface area contributed by atoms with E-state index >= 15 is 0 Å². The van der Waals surface area contributed by atoms with Crippen molar-refractivity contribution < 1.29 is 9.90 Å². The Labute approximate surface area is 100 Å². The van der Waals surface area contributed by atoms with Gasteiger partial charge in [-0.2, -0.15) is 0 Å². The molecule has 0 bridgehead atoms. The minimum Gasteiger partial charge on any atom is -0.478 e. The van der Waals surface area contributed by atoms with Crippen LogP contribution >= 0.6 is 0 Å². The number of carboxylic acid groups (broad SMARTS) is 1. The first kappa shape index (κ1) is 11.7. The lowest BCUT2D eigenvalue weighted by Gasteiger charge is -2.28. The van der Waals surface area contributed by atoms with Crippen molar-refractivity contribution >= 4 is 17.3 Å². The molecule has 5 nitrogen and oxygen atoms in total. The zero-order valence-corrected chi connectivity index (χ0v) is 9.65. The summed E-state index contributed by atoms with van der Waals surface area (Å²) in [6.07, 6.45) is 3.61. The van der Waals surface area contributed by atoms with Crippen molar-refractivity contribution in [2.24, 2.45) is 0 Å². The van der Waals surface area contributed by atoms with Crippen LogP contribution in [0.25, 0.3) is 0 Å². The summed E-state index contributed by atoms with van der Waals surface area (Å²) in [6, 6.07) is 5.00. The van der Waals surface area contributed by atoms with Crippen molar-refractivity contribution in [3.05, 3.63) is 23.8 Å². The molecule has 1 aliphatic heterocycles. The quantitative estimate of drug-likeness (QED) is 0.696. The molecule has 0 aliphatic carbocycles. The van der Waals surface area contributed by atoms with Crippen LogP contribution in [-0.2, 0) is 0 Å². The van der Waals surface area contributed by atoms with Crippen LogP contribution in [0.5, 0.6) is 0 Å². The summed E-state index contributed by atoms with van der Waals surface area (Å²) in [5, 5.41) is 11.1. The third-order valence-corrected chi connectivity index (χ3v) is 2.93. The van der Waals surface area contributed by atoms with Gasteiger partial charge in [0.15, 0.2) is 0 Å². The van der Waals surface area contributed by atoms with E-state index < -0.39 is 5.97 Å². The maximum Gasteiger partial charge on any atom is 0.337 e. The maximum absolute atomic E-state index is 10.9. The molecule has 0 saturated carbocycles. The fourth-order valence-electron chi connectivity index (χ4n) is 2.00.